The molecule has 0 radical (unpaired) electrons. The Labute approximate surface area is 127 Å². The molecule has 2 aromatic rings. The summed E-state index contributed by atoms with van der Waals surface area (Å²) in [6.07, 6.45) is 3.38. The molecule has 0 aliphatic heterocycles. The van der Waals surface area contributed by atoms with Crippen molar-refractivity contribution in [3.8, 4) is 0 Å². The average molecular weight is 303 g/mol. The van der Waals surface area contributed by atoms with Gasteiger partial charge in [-0.3, -0.25) is 5.32 Å². The van der Waals surface area contributed by atoms with Crippen molar-refractivity contribution in [3.05, 3.63) is 46.2 Å². The quantitative estimate of drug-likeness (QED) is 0.833. The lowest BCUT2D eigenvalue weighted by atomic mass is 10.1. The Hall–Kier alpha value is -2.14. The van der Waals surface area contributed by atoms with E-state index in [9.17, 15) is 4.79 Å². The lowest BCUT2D eigenvalue weighted by molar-refractivity contribution is 0.262. The van der Waals surface area contributed by atoms with E-state index in [-0.39, 0.29) is 12.0 Å². The SMILES string of the molecule is Cc1cc(Cl)nc(NC(=O)Nc2ccc3c(c2)CCC3)n1. The Bertz CT molecular complexity index is 682. The van der Waals surface area contributed by atoms with Crippen molar-refractivity contribution in [2.45, 2.75) is 26.2 Å². The number of nitrogens with one attached hydrogen (secondary N) is 2. The van der Waals surface area contributed by atoms with E-state index in [4.69, 9.17) is 11.6 Å². The maximum Gasteiger partial charge on any atom is 0.326 e. The molecule has 0 saturated carbocycles. The van der Waals surface area contributed by atoms with Gasteiger partial charge in [-0.05, 0) is 55.5 Å². The highest BCUT2D eigenvalue weighted by molar-refractivity contribution is 6.29. The van der Waals surface area contributed by atoms with Gasteiger partial charge in [-0.1, -0.05) is 17.7 Å². The van der Waals surface area contributed by atoms with Crippen molar-refractivity contribution in [3.63, 3.8) is 0 Å². The second-order valence-electron chi connectivity index (χ2n) is 5.07. The summed E-state index contributed by atoms with van der Waals surface area (Å²) in [5.41, 5.74) is 4.15. The van der Waals surface area contributed by atoms with Gasteiger partial charge in [0, 0.05) is 11.4 Å². The summed E-state index contributed by atoms with van der Waals surface area (Å²) >= 11 is 5.83. The molecular weight excluding hydrogens is 288 g/mol. The Kier molecular flexibility index (Phi) is 3.75. The minimum Gasteiger partial charge on any atom is -0.308 e. The zero-order valence-corrected chi connectivity index (χ0v) is 12.4. The Morgan fingerprint density at radius 3 is 2.76 bits per heavy atom. The largest absolute Gasteiger partial charge is 0.326 e. The van der Waals surface area contributed by atoms with Crippen LogP contribution in [-0.2, 0) is 12.8 Å². The van der Waals surface area contributed by atoms with Crippen LogP contribution in [0.15, 0.2) is 24.3 Å². The van der Waals surface area contributed by atoms with E-state index in [1.54, 1.807) is 13.0 Å². The molecule has 0 fully saturated rings. The van der Waals surface area contributed by atoms with E-state index in [2.05, 4.69) is 26.7 Å². The summed E-state index contributed by atoms with van der Waals surface area (Å²) < 4.78 is 0. The summed E-state index contributed by atoms with van der Waals surface area (Å²) in [6, 6.07) is 7.25. The average Bonchev–Trinajstić information content (AvgIpc) is 2.84. The summed E-state index contributed by atoms with van der Waals surface area (Å²) in [4.78, 5) is 20.0. The maximum absolute atomic E-state index is 12.0. The molecule has 1 aliphatic carbocycles. The second-order valence-corrected chi connectivity index (χ2v) is 5.46. The number of hydrogen-bond acceptors (Lipinski definition) is 3. The highest BCUT2D eigenvalue weighted by Gasteiger charge is 2.12. The number of carbonyl (C=O) groups is 1. The number of rotatable bonds is 2. The zero-order valence-electron chi connectivity index (χ0n) is 11.6. The highest BCUT2D eigenvalue weighted by atomic mass is 35.5. The second kappa shape index (κ2) is 5.69. The number of carbonyl (C=O) groups excluding carboxylic acids is 1. The van der Waals surface area contributed by atoms with E-state index < -0.39 is 0 Å². The zero-order chi connectivity index (χ0) is 14.8. The molecule has 1 aromatic carbocycles. The van der Waals surface area contributed by atoms with Crippen LogP contribution in [0.5, 0.6) is 0 Å². The third-order valence-electron chi connectivity index (χ3n) is 3.40. The fourth-order valence-corrected chi connectivity index (χ4v) is 2.74. The van der Waals surface area contributed by atoms with Gasteiger partial charge in [-0.25, -0.2) is 14.8 Å². The maximum atomic E-state index is 12.0. The van der Waals surface area contributed by atoms with Crippen LogP contribution in [0.3, 0.4) is 0 Å². The fourth-order valence-electron chi connectivity index (χ4n) is 2.50. The van der Waals surface area contributed by atoms with Crippen LogP contribution in [0.2, 0.25) is 5.15 Å². The van der Waals surface area contributed by atoms with E-state index >= 15 is 0 Å². The van der Waals surface area contributed by atoms with Crippen LogP contribution in [0.4, 0.5) is 16.4 Å². The van der Waals surface area contributed by atoms with E-state index in [0.717, 1.165) is 18.5 Å². The Morgan fingerprint density at radius 1 is 1.14 bits per heavy atom. The van der Waals surface area contributed by atoms with Crippen molar-refractivity contribution in [1.29, 1.82) is 0 Å². The predicted octanol–water partition coefficient (Wildman–Crippen LogP) is 3.57. The van der Waals surface area contributed by atoms with Crippen molar-refractivity contribution in [2.75, 3.05) is 10.6 Å². The van der Waals surface area contributed by atoms with Gasteiger partial charge in [0.2, 0.25) is 5.95 Å². The van der Waals surface area contributed by atoms with Gasteiger partial charge >= 0.3 is 6.03 Å². The number of benzene rings is 1. The van der Waals surface area contributed by atoms with Crippen molar-refractivity contribution in [1.82, 2.24) is 9.97 Å². The van der Waals surface area contributed by atoms with Crippen molar-refractivity contribution >= 4 is 29.3 Å². The molecule has 0 unspecified atom stereocenters. The fraction of sp³-hybridized carbons (Fsp3) is 0.267. The number of aromatic nitrogens is 2. The smallest absolute Gasteiger partial charge is 0.308 e. The monoisotopic (exact) mass is 302 g/mol. The number of fused-ring (bicyclic) bond motifs is 1. The summed E-state index contributed by atoms with van der Waals surface area (Å²) in [6.45, 7) is 1.79. The molecular formula is C15H15ClN4O. The van der Waals surface area contributed by atoms with Crippen LogP contribution < -0.4 is 10.6 Å². The molecule has 5 nitrogen and oxygen atoms in total. The standard InChI is InChI=1S/C15H15ClN4O/c1-9-7-13(16)19-14(17-9)20-15(21)18-12-6-5-10-3-2-4-11(10)8-12/h5-8H,2-4H2,1H3,(H2,17,18,19,20,21). The third-order valence-corrected chi connectivity index (χ3v) is 3.60. The van der Waals surface area contributed by atoms with Gasteiger partial charge in [0.25, 0.3) is 0 Å². The molecule has 6 heteroatoms. The van der Waals surface area contributed by atoms with Gasteiger partial charge in [0.15, 0.2) is 0 Å². The van der Waals surface area contributed by atoms with E-state index in [1.165, 1.54) is 17.5 Å². The van der Waals surface area contributed by atoms with E-state index in [1.807, 2.05) is 12.1 Å². The molecule has 0 saturated heterocycles. The predicted molar refractivity (Wildman–Crippen MR) is 82.9 cm³/mol. The first-order chi connectivity index (χ1) is 10.1. The normalized spacial score (nSPS) is 12.9. The number of urea groups is 1. The first-order valence-electron chi connectivity index (χ1n) is 6.81. The lowest BCUT2D eigenvalue weighted by Gasteiger charge is -2.08. The Morgan fingerprint density at radius 2 is 1.95 bits per heavy atom. The Balaban J connectivity index is 1.69. The number of hydrogen-bond donors (Lipinski definition) is 2. The van der Waals surface area contributed by atoms with Crippen LogP contribution in [0, 0.1) is 6.92 Å². The lowest BCUT2D eigenvalue weighted by Crippen LogP contribution is -2.21. The first-order valence-corrected chi connectivity index (χ1v) is 7.19. The van der Waals surface area contributed by atoms with Gasteiger partial charge < -0.3 is 5.32 Å². The van der Waals surface area contributed by atoms with E-state index in [0.29, 0.717) is 10.8 Å². The van der Waals surface area contributed by atoms with Crippen LogP contribution in [-0.4, -0.2) is 16.0 Å². The number of anilines is 2. The number of halogens is 1. The minimum absolute atomic E-state index is 0.193. The molecule has 0 bridgehead atoms. The van der Waals surface area contributed by atoms with Gasteiger partial charge in [0.1, 0.15) is 5.15 Å². The summed E-state index contributed by atoms with van der Waals surface area (Å²) in [7, 11) is 0. The number of amides is 2. The number of aryl methyl sites for hydroxylation is 3. The molecule has 0 spiro atoms. The van der Waals surface area contributed by atoms with Crippen LogP contribution >= 0.6 is 11.6 Å². The molecule has 21 heavy (non-hydrogen) atoms. The number of nitrogens with zero attached hydrogens (tertiary/aromatic N) is 2. The minimum atomic E-state index is -0.380. The molecule has 0 atom stereocenters. The summed E-state index contributed by atoms with van der Waals surface area (Å²) in [5, 5.41) is 5.67. The molecule has 2 amide bonds. The molecule has 3 rings (SSSR count). The summed E-state index contributed by atoms with van der Waals surface area (Å²) in [5.74, 6) is 0.193. The molecule has 1 aliphatic rings. The first kappa shape index (κ1) is 13.8. The topological polar surface area (TPSA) is 66.9 Å². The van der Waals surface area contributed by atoms with Crippen LogP contribution in [0.25, 0.3) is 0 Å². The molecule has 108 valence electrons. The van der Waals surface area contributed by atoms with Crippen molar-refractivity contribution < 1.29 is 4.79 Å². The van der Waals surface area contributed by atoms with Crippen LogP contribution in [0.1, 0.15) is 23.2 Å². The van der Waals surface area contributed by atoms with Gasteiger partial charge in [-0.2, -0.15) is 0 Å². The van der Waals surface area contributed by atoms with Crippen molar-refractivity contribution in [2.24, 2.45) is 0 Å². The molecule has 1 aromatic heterocycles. The van der Waals surface area contributed by atoms with Gasteiger partial charge in [0.05, 0.1) is 0 Å². The highest BCUT2D eigenvalue weighted by Crippen LogP contribution is 2.24. The molecule has 1 heterocycles. The molecule has 2 N–H and O–H groups in total. The third kappa shape index (κ3) is 3.31. The van der Waals surface area contributed by atoms with Gasteiger partial charge in [-0.15, -0.1) is 0 Å².